The minimum absolute atomic E-state index is 0.0568. The molecule has 5 N–H and O–H groups in total. The number of nitrogens with two attached hydrogens (primary N) is 1. The van der Waals surface area contributed by atoms with Crippen LogP contribution >= 0.6 is 11.6 Å². The van der Waals surface area contributed by atoms with Gasteiger partial charge in [0.15, 0.2) is 5.69 Å². The molecule has 41 heavy (non-hydrogen) atoms. The van der Waals surface area contributed by atoms with E-state index >= 15 is 0 Å². The van der Waals surface area contributed by atoms with Crippen molar-refractivity contribution in [1.82, 2.24) is 30.6 Å². The van der Waals surface area contributed by atoms with Gasteiger partial charge in [-0.3, -0.25) is 28.9 Å². The molecule has 0 saturated carbocycles. The third-order valence-corrected chi connectivity index (χ3v) is 6.52. The van der Waals surface area contributed by atoms with E-state index in [1.165, 1.54) is 40.1 Å². The van der Waals surface area contributed by atoms with Crippen molar-refractivity contribution >= 4 is 52.3 Å². The van der Waals surface area contributed by atoms with E-state index in [0.717, 1.165) is 0 Å². The molecule has 1 aliphatic heterocycles. The van der Waals surface area contributed by atoms with Gasteiger partial charge in [-0.05, 0) is 38.1 Å². The largest absolute Gasteiger partial charge is 0.371 e. The Kier molecular flexibility index (Phi) is 8.97. The summed E-state index contributed by atoms with van der Waals surface area (Å²) in [5.41, 5.74) is 6.74. The number of primary amides is 1. The Morgan fingerprint density at radius 3 is 2.68 bits per heavy atom. The lowest BCUT2D eigenvalue weighted by Gasteiger charge is -2.26. The third-order valence-electron chi connectivity index (χ3n) is 6.22. The van der Waals surface area contributed by atoms with Crippen molar-refractivity contribution in [2.75, 3.05) is 13.2 Å². The quantitative estimate of drug-likeness (QED) is 0.284. The summed E-state index contributed by atoms with van der Waals surface area (Å²) in [5, 5.41) is 12.6. The molecule has 214 valence electrons. The van der Waals surface area contributed by atoms with E-state index in [9.17, 15) is 23.6 Å². The molecule has 1 aromatic heterocycles. The van der Waals surface area contributed by atoms with E-state index in [1.54, 1.807) is 32.2 Å². The first-order chi connectivity index (χ1) is 19.5. The van der Waals surface area contributed by atoms with E-state index in [0.29, 0.717) is 23.3 Å². The molecular weight excluding hydrogens is 555 g/mol. The Balaban J connectivity index is 1.50. The first-order valence-corrected chi connectivity index (χ1v) is 13.0. The highest BCUT2D eigenvalue weighted by atomic mass is 35.5. The number of rotatable bonds is 10. The van der Waals surface area contributed by atoms with Crippen LogP contribution in [0, 0.1) is 5.82 Å². The second kappa shape index (κ2) is 12.6. The van der Waals surface area contributed by atoms with Gasteiger partial charge in [-0.1, -0.05) is 23.7 Å². The van der Waals surface area contributed by atoms with E-state index in [-0.39, 0.29) is 47.5 Å². The van der Waals surface area contributed by atoms with Crippen molar-refractivity contribution in [3.8, 4) is 0 Å². The number of amides is 4. The maximum atomic E-state index is 14.2. The molecule has 0 bridgehead atoms. The van der Waals surface area contributed by atoms with Gasteiger partial charge >= 0.3 is 0 Å². The number of benzene rings is 2. The molecule has 0 saturated heterocycles. The van der Waals surface area contributed by atoms with Crippen LogP contribution in [0.3, 0.4) is 0 Å². The number of halogens is 2. The molecule has 0 spiro atoms. The van der Waals surface area contributed by atoms with Crippen LogP contribution in [0.15, 0.2) is 53.3 Å². The SMILES string of the molecule is CC(C)N(CC(=O)NCc1cccc(Cl)c1F)C(=O)Cn1nc(C(N)=O)c2cc(C(=O)NC3=CNCN=C3)ccc21. The number of carbonyl (C=O) groups is 4. The number of carbonyl (C=O) groups excluding carboxylic acids is 4. The Labute approximate surface area is 239 Å². The fourth-order valence-electron chi connectivity index (χ4n) is 4.15. The van der Waals surface area contributed by atoms with Crippen LogP contribution in [0.5, 0.6) is 0 Å². The first-order valence-electron chi connectivity index (χ1n) is 12.6. The smallest absolute Gasteiger partial charge is 0.269 e. The van der Waals surface area contributed by atoms with E-state index in [1.807, 2.05) is 0 Å². The number of hydrogen-bond donors (Lipinski definition) is 4. The maximum absolute atomic E-state index is 14.2. The number of allylic oxidation sites excluding steroid dienone is 1. The number of hydrogen-bond acceptors (Lipinski definition) is 7. The predicted molar refractivity (Wildman–Crippen MR) is 150 cm³/mol. The molecule has 1 aliphatic rings. The van der Waals surface area contributed by atoms with Gasteiger partial charge in [0.1, 0.15) is 19.0 Å². The van der Waals surface area contributed by atoms with Crippen LogP contribution in [0.25, 0.3) is 10.9 Å². The summed E-state index contributed by atoms with van der Waals surface area (Å²) in [6.45, 7) is 3.19. The topological polar surface area (TPSA) is 164 Å². The van der Waals surface area contributed by atoms with E-state index in [4.69, 9.17) is 17.3 Å². The van der Waals surface area contributed by atoms with Crippen molar-refractivity contribution in [1.29, 1.82) is 0 Å². The summed E-state index contributed by atoms with van der Waals surface area (Å²) in [6, 6.07) is 8.67. The number of nitrogens with one attached hydrogen (secondary N) is 3. The highest BCUT2D eigenvalue weighted by Crippen LogP contribution is 2.21. The van der Waals surface area contributed by atoms with Crippen molar-refractivity contribution in [3.05, 3.63) is 76.0 Å². The normalized spacial score (nSPS) is 12.6. The third kappa shape index (κ3) is 6.87. The molecule has 0 atom stereocenters. The lowest BCUT2D eigenvalue weighted by atomic mass is 10.1. The van der Waals surface area contributed by atoms with Crippen molar-refractivity contribution in [2.24, 2.45) is 10.7 Å². The number of fused-ring (bicyclic) bond motifs is 1. The molecule has 0 unspecified atom stereocenters. The van der Waals surface area contributed by atoms with Gasteiger partial charge in [0.05, 0.1) is 22.8 Å². The molecule has 4 rings (SSSR count). The summed E-state index contributed by atoms with van der Waals surface area (Å²) in [5.74, 6) is -2.86. The zero-order valence-corrected chi connectivity index (χ0v) is 23.0. The Bertz CT molecular complexity index is 1580. The zero-order chi connectivity index (χ0) is 29.7. The van der Waals surface area contributed by atoms with Crippen LogP contribution in [0.4, 0.5) is 4.39 Å². The molecule has 14 heteroatoms. The lowest BCUT2D eigenvalue weighted by molar-refractivity contribution is -0.138. The van der Waals surface area contributed by atoms with Gasteiger partial charge < -0.3 is 26.6 Å². The molecule has 0 radical (unpaired) electrons. The second-order valence-electron chi connectivity index (χ2n) is 9.44. The van der Waals surface area contributed by atoms with Gasteiger partial charge in [0.2, 0.25) is 11.8 Å². The average molecular weight is 583 g/mol. The number of aromatic nitrogens is 2. The average Bonchev–Trinajstić information content (AvgIpc) is 3.30. The summed E-state index contributed by atoms with van der Waals surface area (Å²) in [7, 11) is 0. The lowest BCUT2D eigenvalue weighted by Crippen LogP contribution is -2.45. The van der Waals surface area contributed by atoms with Crippen molar-refractivity contribution in [3.63, 3.8) is 0 Å². The fraction of sp³-hybridized carbons (Fsp3) is 0.259. The number of aliphatic imine (C=N–C) groups is 1. The molecule has 0 aliphatic carbocycles. The summed E-state index contributed by atoms with van der Waals surface area (Å²) < 4.78 is 15.5. The van der Waals surface area contributed by atoms with Gasteiger partial charge in [-0.2, -0.15) is 5.10 Å². The van der Waals surface area contributed by atoms with Gasteiger partial charge in [0, 0.05) is 41.5 Å². The Hall–Kier alpha value is -4.78. The van der Waals surface area contributed by atoms with Crippen LogP contribution in [-0.4, -0.2) is 63.8 Å². The van der Waals surface area contributed by atoms with E-state index < -0.39 is 29.4 Å². The zero-order valence-electron chi connectivity index (χ0n) is 22.3. The van der Waals surface area contributed by atoms with Crippen LogP contribution in [0.2, 0.25) is 5.02 Å². The highest BCUT2D eigenvalue weighted by Gasteiger charge is 2.24. The molecule has 2 aromatic carbocycles. The summed E-state index contributed by atoms with van der Waals surface area (Å²) in [6.07, 6.45) is 3.12. The van der Waals surface area contributed by atoms with Crippen LogP contribution in [-0.2, 0) is 22.7 Å². The maximum Gasteiger partial charge on any atom is 0.269 e. The predicted octanol–water partition coefficient (Wildman–Crippen LogP) is 1.68. The Morgan fingerprint density at radius 2 is 2.00 bits per heavy atom. The van der Waals surface area contributed by atoms with Gasteiger partial charge in [0.25, 0.3) is 11.8 Å². The second-order valence-corrected chi connectivity index (χ2v) is 9.84. The minimum Gasteiger partial charge on any atom is -0.371 e. The Morgan fingerprint density at radius 1 is 1.22 bits per heavy atom. The molecule has 12 nitrogen and oxygen atoms in total. The standard InChI is InChI=1S/C27H28ClFN8O4/c1-15(2)36(12-22(38)33-9-17-4-3-5-20(28)24(17)29)23(39)13-37-21-7-6-16(8-19(21)25(35-37)26(30)40)27(41)34-18-10-31-14-32-11-18/h3-8,10-11,15,31H,9,12-14H2,1-2H3,(H2,30,40)(H,33,38)(H,34,41). The molecular formula is C27H28ClFN8O4. The molecule has 3 aromatic rings. The first kappa shape index (κ1) is 29.2. The monoisotopic (exact) mass is 582 g/mol. The van der Waals surface area contributed by atoms with Crippen molar-refractivity contribution in [2.45, 2.75) is 33.0 Å². The van der Waals surface area contributed by atoms with Crippen molar-refractivity contribution < 1.29 is 23.6 Å². The minimum atomic E-state index is -0.835. The van der Waals surface area contributed by atoms with Crippen LogP contribution < -0.4 is 21.7 Å². The van der Waals surface area contributed by atoms with E-state index in [2.05, 4.69) is 26.0 Å². The molecule has 0 fully saturated rings. The molecule has 2 heterocycles. The van der Waals surface area contributed by atoms with Gasteiger partial charge in [-0.15, -0.1) is 0 Å². The van der Waals surface area contributed by atoms with Gasteiger partial charge in [-0.25, -0.2) is 4.39 Å². The molecule has 4 amide bonds. The number of nitrogens with zero attached hydrogens (tertiary/aromatic N) is 4. The fourth-order valence-corrected chi connectivity index (χ4v) is 4.35. The summed E-state index contributed by atoms with van der Waals surface area (Å²) in [4.78, 5) is 56.2. The van der Waals surface area contributed by atoms with Crippen LogP contribution in [0.1, 0.15) is 40.3 Å². The summed E-state index contributed by atoms with van der Waals surface area (Å²) >= 11 is 5.79. The highest BCUT2D eigenvalue weighted by molar-refractivity contribution is 6.30.